The van der Waals surface area contributed by atoms with E-state index < -0.39 is 0 Å². The Bertz CT molecular complexity index is 665. The van der Waals surface area contributed by atoms with Crippen LogP contribution in [0.5, 0.6) is 0 Å². The summed E-state index contributed by atoms with van der Waals surface area (Å²) in [5.74, 6) is 1.81. The van der Waals surface area contributed by atoms with Gasteiger partial charge in [-0.25, -0.2) is 4.98 Å². The van der Waals surface area contributed by atoms with Crippen molar-refractivity contribution in [2.45, 2.75) is 19.8 Å². The molecule has 0 bridgehead atoms. The van der Waals surface area contributed by atoms with Gasteiger partial charge in [0, 0.05) is 12.8 Å². The second-order valence-corrected chi connectivity index (χ2v) is 4.37. The second-order valence-electron chi connectivity index (χ2n) is 4.37. The molecule has 0 spiro atoms. The first-order valence-electron chi connectivity index (χ1n) is 6.23. The lowest BCUT2D eigenvalue weighted by atomic mass is 10.0. The molecule has 18 heavy (non-hydrogen) atoms. The molecule has 0 aliphatic rings. The molecule has 3 rings (SSSR count). The summed E-state index contributed by atoms with van der Waals surface area (Å²) in [4.78, 5) is 4.46. The molecule has 3 nitrogen and oxygen atoms in total. The summed E-state index contributed by atoms with van der Waals surface area (Å²) >= 11 is 0. The number of aromatic amines is 1. The molecule has 0 aliphatic carbocycles. The van der Waals surface area contributed by atoms with E-state index in [4.69, 9.17) is 0 Å². The van der Waals surface area contributed by atoms with E-state index in [1.54, 1.807) is 0 Å². The number of hydrogen-bond acceptors (Lipinski definition) is 2. The predicted molar refractivity (Wildman–Crippen MR) is 72.5 cm³/mol. The first kappa shape index (κ1) is 11.0. The van der Waals surface area contributed by atoms with Crippen LogP contribution in [0.4, 0.5) is 0 Å². The smallest absolute Gasteiger partial charge is 0.150 e. The van der Waals surface area contributed by atoms with Gasteiger partial charge in [-0.05, 0) is 16.3 Å². The number of hydrogen-bond donors (Lipinski definition) is 1. The highest BCUT2D eigenvalue weighted by atomic mass is 15.2. The van der Waals surface area contributed by atoms with Crippen molar-refractivity contribution in [3.8, 4) is 0 Å². The zero-order valence-electron chi connectivity index (χ0n) is 10.4. The quantitative estimate of drug-likeness (QED) is 0.760. The van der Waals surface area contributed by atoms with Crippen LogP contribution in [0.1, 0.15) is 24.1 Å². The third-order valence-corrected chi connectivity index (χ3v) is 3.13. The fourth-order valence-corrected chi connectivity index (χ4v) is 2.20. The highest BCUT2D eigenvalue weighted by Crippen LogP contribution is 2.20. The van der Waals surface area contributed by atoms with E-state index in [9.17, 15) is 0 Å². The Hall–Kier alpha value is -2.16. The molecular formula is C15H15N3. The lowest BCUT2D eigenvalue weighted by Gasteiger charge is -2.04. The summed E-state index contributed by atoms with van der Waals surface area (Å²) in [6, 6.07) is 14.8. The van der Waals surface area contributed by atoms with Crippen LogP contribution in [0.15, 0.2) is 42.5 Å². The zero-order chi connectivity index (χ0) is 12.4. The van der Waals surface area contributed by atoms with Gasteiger partial charge in [-0.15, -0.1) is 0 Å². The van der Waals surface area contributed by atoms with Crippen LogP contribution in [0.25, 0.3) is 10.8 Å². The van der Waals surface area contributed by atoms with Gasteiger partial charge in [-0.1, -0.05) is 49.4 Å². The number of aryl methyl sites for hydroxylation is 1. The summed E-state index contributed by atoms with van der Waals surface area (Å²) in [5, 5.41) is 9.74. The zero-order valence-corrected chi connectivity index (χ0v) is 10.4. The lowest BCUT2D eigenvalue weighted by molar-refractivity contribution is 0.943. The molecule has 90 valence electrons. The Labute approximate surface area is 106 Å². The van der Waals surface area contributed by atoms with Gasteiger partial charge in [0.15, 0.2) is 0 Å². The van der Waals surface area contributed by atoms with Crippen LogP contribution in [-0.4, -0.2) is 15.2 Å². The number of nitrogens with zero attached hydrogens (tertiary/aromatic N) is 2. The van der Waals surface area contributed by atoms with Crippen molar-refractivity contribution in [1.82, 2.24) is 15.2 Å². The van der Waals surface area contributed by atoms with Crippen LogP contribution in [-0.2, 0) is 12.8 Å². The summed E-state index contributed by atoms with van der Waals surface area (Å²) in [5.41, 5.74) is 1.28. The Morgan fingerprint density at radius 2 is 1.89 bits per heavy atom. The molecule has 1 N–H and O–H groups in total. The van der Waals surface area contributed by atoms with Crippen molar-refractivity contribution in [3.63, 3.8) is 0 Å². The third-order valence-electron chi connectivity index (χ3n) is 3.13. The number of rotatable bonds is 3. The van der Waals surface area contributed by atoms with Crippen LogP contribution >= 0.6 is 0 Å². The van der Waals surface area contributed by atoms with Gasteiger partial charge in [0.25, 0.3) is 0 Å². The van der Waals surface area contributed by atoms with Crippen molar-refractivity contribution in [1.29, 1.82) is 0 Å². The Morgan fingerprint density at radius 1 is 1.06 bits per heavy atom. The normalized spacial score (nSPS) is 10.9. The number of fused-ring (bicyclic) bond motifs is 1. The van der Waals surface area contributed by atoms with E-state index in [0.29, 0.717) is 0 Å². The minimum absolute atomic E-state index is 0.800. The van der Waals surface area contributed by atoms with E-state index in [0.717, 1.165) is 24.5 Å². The SMILES string of the molecule is CCc1n[nH]c(Cc2cccc3ccccc23)n1. The maximum Gasteiger partial charge on any atom is 0.150 e. The monoisotopic (exact) mass is 237 g/mol. The number of benzene rings is 2. The van der Waals surface area contributed by atoms with Gasteiger partial charge in [-0.2, -0.15) is 5.10 Å². The number of H-pyrrole nitrogens is 1. The van der Waals surface area contributed by atoms with Crippen LogP contribution in [0.3, 0.4) is 0 Å². The van der Waals surface area contributed by atoms with Crippen molar-refractivity contribution in [3.05, 3.63) is 59.7 Å². The van der Waals surface area contributed by atoms with Crippen LogP contribution in [0, 0.1) is 0 Å². The summed E-state index contributed by atoms with van der Waals surface area (Å²) < 4.78 is 0. The molecule has 2 aromatic carbocycles. The van der Waals surface area contributed by atoms with Crippen molar-refractivity contribution >= 4 is 10.8 Å². The topological polar surface area (TPSA) is 41.6 Å². The average molecular weight is 237 g/mol. The maximum absolute atomic E-state index is 4.46. The molecule has 0 amide bonds. The second kappa shape index (κ2) is 4.61. The van der Waals surface area contributed by atoms with Gasteiger partial charge in [0.2, 0.25) is 0 Å². The number of aromatic nitrogens is 3. The van der Waals surface area contributed by atoms with Gasteiger partial charge in [0.1, 0.15) is 11.6 Å². The van der Waals surface area contributed by atoms with Gasteiger partial charge < -0.3 is 0 Å². The molecule has 1 heterocycles. The van der Waals surface area contributed by atoms with Crippen molar-refractivity contribution in [2.24, 2.45) is 0 Å². The van der Waals surface area contributed by atoms with E-state index >= 15 is 0 Å². The van der Waals surface area contributed by atoms with Gasteiger partial charge in [0.05, 0.1) is 0 Å². The van der Waals surface area contributed by atoms with Crippen molar-refractivity contribution in [2.75, 3.05) is 0 Å². The first-order valence-corrected chi connectivity index (χ1v) is 6.23. The average Bonchev–Trinajstić information content (AvgIpc) is 2.87. The van der Waals surface area contributed by atoms with Gasteiger partial charge in [-0.3, -0.25) is 5.10 Å². The minimum atomic E-state index is 0.800. The molecule has 0 saturated carbocycles. The summed E-state index contributed by atoms with van der Waals surface area (Å²) in [6.07, 6.45) is 1.67. The van der Waals surface area contributed by atoms with Crippen molar-refractivity contribution < 1.29 is 0 Å². The van der Waals surface area contributed by atoms with Crippen LogP contribution in [0.2, 0.25) is 0 Å². The van der Waals surface area contributed by atoms with E-state index in [-0.39, 0.29) is 0 Å². The first-order chi connectivity index (χ1) is 8.86. The summed E-state index contributed by atoms with van der Waals surface area (Å²) in [6.45, 7) is 2.06. The largest absolute Gasteiger partial charge is 0.263 e. The van der Waals surface area contributed by atoms with E-state index in [2.05, 4.69) is 64.6 Å². The molecule has 0 saturated heterocycles. The molecule has 1 aromatic heterocycles. The van der Waals surface area contributed by atoms with Crippen LogP contribution < -0.4 is 0 Å². The molecule has 0 unspecified atom stereocenters. The maximum atomic E-state index is 4.46. The minimum Gasteiger partial charge on any atom is -0.263 e. The lowest BCUT2D eigenvalue weighted by Crippen LogP contribution is -1.92. The Kier molecular flexibility index (Phi) is 2.81. The third kappa shape index (κ3) is 1.99. The molecule has 3 aromatic rings. The van der Waals surface area contributed by atoms with E-state index in [1.807, 2.05) is 0 Å². The van der Waals surface area contributed by atoms with E-state index in [1.165, 1.54) is 16.3 Å². The fourth-order valence-electron chi connectivity index (χ4n) is 2.20. The Balaban J connectivity index is 1.99. The van der Waals surface area contributed by atoms with Gasteiger partial charge >= 0.3 is 0 Å². The number of nitrogens with one attached hydrogen (secondary N) is 1. The molecule has 0 fully saturated rings. The molecular weight excluding hydrogens is 222 g/mol. The fraction of sp³-hybridized carbons (Fsp3) is 0.200. The molecule has 0 atom stereocenters. The Morgan fingerprint density at radius 3 is 2.72 bits per heavy atom. The molecule has 0 aliphatic heterocycles. The summed E-state index contributed by atoms with van der Waals surface area (Å²) in [7, 11) is 0. The standard InChI is InChI=1S/C15H15N3/c1-2-14-16-15(18-17-14)10-12-8-5-7-11-6-3-4-9-13(11)12/h3-9H,2,10H2,1H3,(H,16,17,18). The highest BCUT2D eigenvalue weighted by molar-refractivity contribution is 5.85. The molecule has 0 radical (unpaired) electrons. The predicted octanol–water partition coefficient (Wildman–Crippen LogP) is 3.11. The molecule has 3 heteroatoms. The highest BCUT2D eigenvalue weighted by Gasteiger charge is 2.05.